The van der Waals surface area contributed by atoms with Gasteiger partial charge in [0.05, 0.1) is 17.3 Å². The Morgan fingerprint density at radius 1 is 1.05 bits per heavy atom. The quantitative estimate of drug-likeness (QED) is 0.224. The summed E-state index contributed by atoms with van der Waals surface area (Å²) in [6.45, 7) is 7.53. The second-order valence-electron chi connectivity index (χ2n) is 10.2. The fourth-order valence-electron chi connectivity index (χ4n) is 4.87. The zero-order valence-electron chi connectivity index (χ0n) is 22.6. The zero-order valence-corrected chi connectivity index (χ0v) is 23.5. The Balaban J connectivity index is 1.55. The SMILES string of the molecule is Cc1cc(N2C(=S)N[C@H](c3ccccn3)[C@@H]2c2ccc(-c3ccc(C(=O)O)cc3C)o2)ccc1NC(=O)C(C)C. The van der Waals surface area contributed by atoms with Crippen LogP contribution < -0.4 is 15.5 Å². The number of hydrogen-bond acceptors (Lipinski definition) is 5. The second kappa shape index (κ2) is 10.9. The predicted octanol–water partition coefficient (Wildman–Crippen LogP) is 6.43. The maximum absolute atomic E-state index is 12.3. The number of aromatic nitrogens is 1. The Labute approximate surface area is 238 Å². The average Bonchev–Trinajstić information content (AvgIpc) is 3.54. The van der Waals surface area contributed by atoms with Crippen molar-refractivity contribution < 1.29 is 19.1 Å². The van der Waals surface area contributed by atoms with Gasteiger partial charge in [0, 0.05) is 29.1 Å². The molecule has 1 saturated heterocycles. The van der Waals surface area contributed by atoms with Crippen molar-refractivity contribution in [3.63, 3.8) is 0 Å². The molecule has 0 radical (unpaired) electrons. The molecule has 9 heteroatoms. The van der Waals surface area contributed by atoms with E-state index in [2.05, 4.69) is 15.6 Å². The number of aryl methyl sites for hydroxylation is 2. The van der Waals surface area contributed by atoms with Gasteiger partial charge < -0.3 is 25.1 Å². The van der Waals surface area contributed by atoms with Crippen LogP contribution in [0.5, 0.6) is 0 Å². The van der Waals surface area contributed by atoms with E-state index in [-0.39, 0.29) is 29.5 Å². The molecular weight excluding hydrogens is 524 g/mol. The minimum Gasteiger partial charge on any atom is -0.478 e. The number of rotatable bonds is 7. The van der Waals surface area contributed by atoms with Crippen molar-refractivity contribution in [1.29, 1.82) is 0 Å². The summed E-state index contributed by atoms with van der Waals surface area (Å²) in [5.74, 6) is 0.158. The summed E-state index contributed by atoms with van der Waals surface area (Å²) >= 11 is 5.84. The highest BCUT2D eigenvalue weighted by molar-refractivity contribution is 7.80. The van der Waals surface area contributed by atoms with Gasteiger partial charge in [-0.3, -0.25) is 9.78 Å². The molecule has 2 atom stereocenters. The highest BCUT2D eigenvalue weighted by atomic mass is 32.1. The molecule has 5 rings (SSSR count). The molecule has 0 spiro atoms. The number of nitrogens with zero attached hydrogens (tertiary/aromatic N) is 2. The lowest BCUT2D eigenvalue weighted by Crippen LogP contribution is -2.29. The molecule has 40 heavy (non-hydrogen) atoms. The maximum Gasteiger partial charge on any atom is 0.335 e. The molecule has 204 valence electrons. The summed E-state index contributed by atoms with van der Waals surface area (Å²) in [6.07, 6.45) is 1.75. The Kier molecular flexibility index (Phi) is 7.40. The van der Waals surface area contributed by atoms with Gasteiger partial charge >= 0.3 is 5.97 Å². The highest BCUT2D eigenvalue weighted by Gasteiger charge is 2.42. The molecule has 8 nitrogen and oxygen atoms in total. The van der Waals surface area contributed by atoms with Crippen LogP contribution in [0.1, 0.15) is 58.9 Å². The first kappa shape index (κ1) is 27.1. The van der Waals surface area contributed by atoms with E-state index in [1.54, 1.807) is 24.4 Å². The van der Waals surface area contributed by atoms with Crippen molar-refractivity contribution in [2.75, 3.05) is 10.2 Å². The molecule has 1 fully saturated rings. The number of carboxylic acid groups (broad SMARTS) is 1. The summed E-state index contributed by atoms with van der Waals surface area (Å²) in [6, 6.07) is 19.7. The van der Waals surface area contributed by atoms with Crippen LogP contribution in [0.3, 0.4) is 0 Å². The lowest BCUT2D eigenvalue weighted by molar-refractivity contribution is -0.118. The number of nitrogens with one attached hydrogen (secondary N) is 2. The van der Waals surface area contributed by atoms with Crippen molar-refractivity contribution in [2.45, 2.75) is 39.8 Å². The number of carboxylic acids is 1. The van der Waals surface area contributed by atoms with E-state index in [9.17, 15) is 14.7 Å². The smallest absolute Gasteiger partial charge is 0.335 e. The summed E-state index contributed by atoms with van der Waals surface area (Å²) in [7, 11) is 0. The topological polar surface area (TPSA) is 108 Å². The predicted molar refractivity (Wildman–Crippen MR) is 158 cm³/mol. The number of benzene rings is 2. The van der Waals surface area contributed by atoms with Gasteiger partial charge in [-0.15, -0.1) is 0 Å². The van der Waals surface area contributed by atoms with Gasteiger partial charge in [0.1, 0.15) is 17.6 Å². The van der Waals surface area contributed by atoms with Crippen LogP contribution in [-0.4, -0.2) is 27.1 Å². The first-order valence-electron chi connectivity index (χ1n) is 13.0. The maximum atomic E-state index is 12.3. The minimum absolute atomic E-state index is 0.0444. The van der Waals surface area contributed by atoms with Gasteiger partial charge in [-0.05, 0) is 91.8 Å². The molecule has 3 N–H and O–H groups in total. The molecule has 1 aliphatic heterocycles. The fourth-order valence-corrected chi connectivity index (χ4v) is 5.21. The minimum atomic E-state index is -0.973. The molecule has 2 aromatic heterocycles. The Hall–Kier alpha value is -4.50. The van der Waals surface area contributed by atoms with Crippen molar-refractivity contribution in [3.8, 4) is 11.3 Å². The van der Waals surface area contributed by atoms with Crippen LogP contribution in [-0.2, 0) is 4.79 Å². The van der Waals surface area contributed by atoms with Gasteiger partial charge in [0.2, 0.25) is 5.91 Å². The van der Waals surface area contributed by atoms with Crippen LogP contribution in [0.2, 0.25) is 0 Å². The monoisotopic (exact) mass is 554 g/mol. The number of amides is 1. The second-order valence-corrected chi connectivity index (χ2v) is 10.6. The Morgan fingerprint density at radius 3 is 2.50 bits per heavy atom. The summed E-state index contributed by atoms with van der Waals surface area (Å²) in [5, 5.41) is 16.3. The lowest BCUT2D eigenvalue weighted by atomic mass is 10.0. The normalized spacial score (nSPS) is 16.7. The first-order valence-corrected chi connectivity index (χ1v) is 13.4. The third-order valence-corrected chi connectivity index (χ3v) is 7.34. The van der Waals surface area contributed by atoms with Crippen molar-refractivity contribution in [1.82, 2.24) is 10.3 Å². The molecule has 2 aromatic carbocycles. The number of carbonyl (C=O) groups excluding carboxylic acids is 1. The molecule has 1 aliphatic rings. The van der Waals surface area contributed by atoms with Gasteiger partial charge in [-0.2, -0.15) is 0 Å². The third kappa shape index (κ3) is 5.20. The first-order chi connectivity index (χ1) is 19.1. The molecule has 0 aliphatic carbocycles. The number of anilines is 2. The van der Waals surface area contributed by atoms with Crippen LogP contribution in [0, 0.1) is 19.8 Å². The number of thiocarbonyl (C=S) groups is 1. The summed E-state index contributed by atoms with van der Waals surface area (Å²) in [4.78, 5) is 30.3. The molecule has 0 bridgehead atoms. The van der Waals surface area contributed by atoms with E-state index in [1.165, 1.54) is 0 Å². The third-order valence-electron chi connectivity index (χ3n) is 7.03. The van der Waals surface area contributed by atoms with Gasteiger partial charge in [0.15, 0.2) is 5.11 Å². The van der Waals surface area contributed by atoms with Crippen molar-refractivity contribution in [2.24, 2.45) is 5.92 Å². The average molecular weight is 555 g/mol. The summed E-state index contributed by atoms with van der Waals surface area (Å²) < 4.78 is 6.45. The number of furan rings is 1. The van der Waals surface area contributed by atoms with E-state index in [4.69, 9.17) is 16.6 Å². The van der Waals surface area contributed by atoms with Crippen molar-refractivity contribution in [3.05, 3.63) is 101 Å². The number of carbonyl (C=O) groups is 2. The van der Waals surface area contributed by atoms with Gasteiger partial charge in [0.25, 0.3) is 0 Å². The van der Waals surface area contributed by atoms with Crippen LogP contribution >= 0.6 is 12.2 Å². The largest absolute Gasteiger partial charge is 0.478 e. The molecule has 1 amide bonds. The number of hydrogen-bond donors (Lipinski definition) is 3. The zero-order chi connectivity index (χ0) is 28.6. The fraction of sp³-hybridized carbons (Fsp3) is 0.226. The molecular formula is C31H30N4O4S. The molecule has 0 saturated carbocycles. The van der Waals surface area contributed by atoms with E-state index >= 15 is 0 Å². The molecule has 0 unspecified atom stereocenters. The van der Waals surface area contributed by atoms with E-state index < -0.39 is 5.97 Å². The van der Waals surface area contributed by atoms with E-state index in [1.807, 2.05) is 81.1 Å². The molecule has 4 aromatic rings. The van der Waals surface area contributed by atoms with Gasteiger partial charge in [-0.25, -0.2) is 4.79 Å². The number of aromatic carboxylic acids is 1. The molecule has 3 heterocycles. The Morgan fingerprint density at radius 2 is 1.85 bits per heavy atom. The van der Waals surface area contributed by atoms with E-state index in [0.717, 1.165) is 33.8 Å². The van der Waals surface area contributed by atoms with Crippen molar-refractivity contribution >= 4 is 40.6 Å². The van der Waals surface area contributed by atoms with Gasteiger partial charge in [-0.1, -0.05) is 26.0 Å². The van der Waals surface area contributed by atoms with Crippen LogP contribution in [0.4, 0.5) is 11.4 Å². The Bertz CT molecular complexity index is 1600. The van der Waals surface area contributed by atoms with E-state index in [0.29, 0.717) is 16.6 Å². The van der Waals surface area contributed by atoms with Crippen LogP contribution in [0.15, 0.2) is 77.3 Å². The highest BCUT2D eigenvalue weighted by Crippen LogP contribution is 2.43. The van der Waals surface area contributed by atoms with Crippen LogP contribution in [0.25, 0.3) is 11.3 Å². The summed E-state index contributed by atoms with van der Waals surface area (Å²) in [5.41, 5.74) is 5.15. The lowest BCUT2D eigenvalue weighted by Gasteiger charge is -2.27. The number of pyridine rings is 1. The standard InChI is InChI=1S/C31H30N4O4S/c1-17(2)29(36)33-23-11-9-21(16-19(23)4)35-28(27(34-31(35)40)24-7-5-6-14-32-24)26-13-12-25(39-26)22-10-8-20(30(37)38)15-18(22)3/h5-17,27-28H,1-4H3,(H,33,36)(H,34,40)(H,37,38)/t27-,28+/m1/s1.